The van der Waals surface area contributed by atoms with Gasteiger partial charge >= 0.3 is 0 Å². The van der Waals surface area contributed by atoms with Crippen molar-refractivity contribution in [2.24, 2.45) is 0 Å². The van der Waals surface area contributed by atoms with Crippen molar-refractivity contribution in [2.75, 3.05) is 6.61 Å². The molecule has 1 rings (SSSR count). The molecular formula is C23H46NO2. The largest absolute Gasteiger partial charge is 0.378 e. The molecule has 0 spiro atoms. The number of hydrogen-bond donors (Lipinski definition) is 0. The molecule has 0 aromatic heterocycles. The third-order valence-electron chi connectivity index (χ3n) is 5.91. The van der Waals surface area contributed by atoms with Gasteiger partial charge in [0, 0.05) is 17.7 Å². The molecule has 0 bridgehead atoms. The second-order valence-electron chi connectivity index (χ2n) is 9.71. The molecule has 155 valence electrons. The first-order chi connectivity index (χ1) is 12.3. The third kappa shape index (κ3) is 9.19. The number of hydrogen-bond acceptors (Lipinski definition) is 2. The van der Waals surface area contributed by atoms with E-state index in [2.05, 4.69) is 6.92 Å². The molecule has 0 unspecified atom stereocenters. The summed E-state index contributed by atoms with van der Waals surface area (Å²) < 4.78 is 6.13. The molecule has 0 amide bonds. The summed E-state index contributed by atoms with van der Waals surface area (Å²) in [7, 11) is 0. The molecule has 1 aliphatic heterocycles. The summed E-state index contributed by atoms with van der Waals surface area (Å²) in [4.78, 5) is 0. The number of nitrogens with zero attached hydrogens (tertiary/aromatic N) is 1. The molecule has 1 radical (unpaired) electrons. The Labute approximate surface area is 163 Å². The summed E-state index contributed by atoms with van der Waals surface area (Å²) in [5.74, 6) is 0. The van der Waals surface area contributed by atoms with Crippen LogP contribution in [0.3, 0.4) is 0 Å². The molecule has 0 N–H and O–H groups in total. The van der Waals surface area contributed by atoms with Crippen molar-refractivity contribution in [1.29, 1.82) is 0 Å². The molecule has 0 aliphatic carbocycles. The molecule has 0 aromatic carbocycles. The van der Waals surface area contributed by atoms with E-state index >= 15 is 0 Å². The molecule has 0 atom stereocenters. The van der Waals surface area contributed by atoms with Gasteiger partial charge in [0.25, 0.3) is 0 Å². The molecule has 0 saturated carbocycles. The second-order valence-corrected chi connectivity index (χ2v) is 9.71. The Bertz CT molecular complexity index is 336. The summed E-state index contributed by atoms with van der Waals surface area (Å²) in [6.45, 7) is 11.3. The van der Waals surface area contributed by atoms with Crippen molar-refractivity contribution in [3.05, 3.63) is 0 Å². The predicted molar refractivity (Wildman–Crippen MR) is 111 cm³/mol. The van der Waals surface area contributed by atoms with Gasteiger partial charge < -0.3 is 4.74 Å². The lowest BCUT2D eigenvalue weighted by Crippen LogP contribution is -2.59. The van der Waals surface area contributed by atoms with Crippen LogP contribution in [0.1, 0.15) is 125 Å². The monoisotopic (exact) mass is 368 g/mol. The van der Waals surface area contributed by atoms with Crippen molar-refractivity contribution in [3.63, 3.8) is 0 Å². The lowest BCUT2D eigenvalue weighted by atomic mass is 9.80. The van der Waals surface area contributed by atoms with Crippen LogP contribution in [0.2, 0.25) is 0 Å². The summed E-state index contributed by atoms with van der Waals surface area (Å²) in [5, 5.41) is 13.6. The Kier molecular flexibility index (Phi) is 11.4. The first-order valence-electron chi connectivity index (χ1n) is 11.4. The van der Waals surface area contributed by atoms with E-state index in [4.69, 9.17) is 4.74 Å². The zero-order chi connectivity index (χ0) is 19.5. The fourth-order valence-corrected chi connectivity index (χ4v) is 4.48. The van der Waals surface area contributed by atoms with Gasteiger partial charge in [-0.05, 0) is 47.0 Å². The van der Waals surface area contributed by atoms with Crippen molar-refractivity contribution < 1.29 is 9.94 Å². The number of unbranched alkanes of at least 4 members (excludes halogenated alkanes) is 11. The van der Waals surface area contributed by atoms with E-state index in [1.807, 2.05) is 27.7 Å². The third-order valence-corrected chi connectivity index (χ3v) is 5.91. The smallest absolute Gasteiger partial charge is 0.0611 e. The predicted octanol–water partition coefficient (Wildman–Crippen LogP) is 7.07. The van der Waals surface area contributed by atoms with Gasteiger partial charge in [-0.15, -0.1) is 10.3 Å². The standard InChI is InChI=1S/C23H46NO2/c1-6-7-8-9-10-11-12-13-14-15-16-17-18-26-21-19-22(2,3)24(25)23(4,5)20-21/h21H,6-20H2,1-5H3. The highest BCUT2D eigenvalue weighted by atomic mass is 16.5. The second kappa shape index (κ2) is 12.4. The minimum atomic E-state index is -0.317. The fourth-order valence-electron chi connectivity index (χ4n) is 4.48. The first kappa shape index (κ1) is 23.9. The average molecular weight is 369 g/mol. The van der Waals surface area contributed by atoms with E-state index in [0.29, 0.717) is 0 Å². The Balaban J connectivity index is 1.96. The molecule has 0 aromatic rings. The Morgan fingerprint density at radius 2 is 1.12 bits per heavy atom. The van der Waals surface area contributed by atoms with Crippen LogP contribution in [0.15, 0.2) is 0 Å². The Morgan fingerprint density at radius 3 is 1.54 bits per heavy atom. The Hall–Kier alpha value is -0.120. The van der Waals surface area contributed by atoms with Gasteiger partial charge in [-0.25, -0.2) is 0 Å². The van der Waals surface area contributed by atoms with E-state index < -0.39 is 0 Å². The molecule has 1 aliphatic rings. The van der Waals surface area contributed by atoms with Crippen LogP contribution in [0.4, 0.5) is 0 Å². The zero-order valence-electron chi connectivity index (χ0n) is 18.4. The molecule has 1 heterocycles. The molecular weight excluding hydrogens is 322 g/mol. The van der Waals surface area contributed by atoms with E-state index in [9.17, 15) is 5.21 Å². The molecule has 3 nitrogen and oxygen atoms in total. The van der Waals surface area contributed by atoms with Gasteiger partial charge in [-0.3, -0.25) is 0 Å². The maximum atomic E-state index is 12.4. The van der Waals surface area contributed by atoms with Crippen LogP contribution in [0, 0.1) is 0 Å². The molecule has 26 heavy (non-hydrogen) atoms. The van der Waals surface area contributed by atoms with Crippen molar-refractivity contribution in [2.45, 2.75) is 142 Å². The van der Waals surface area contributed by atoms with Gasteiger partial charge in [0.2, 0.25) is 0 Å². The van der Waals surface area contributed by atoms with Crippen LogP contribution in [-0.2, 0) is 9.94 Å². The van der Waals surface area contributed by atoms with Crippen LogP contribution in [-0.4, -0.2) is 28.9 Å². The van der Waals surface area contributed by atoms with Gasteiger partial charge in [-0.2, -0.15) is 0 Å². The van der Waals surface area contributed by atoms with Crippen LogP contribution >= 0.6 is 0 Å². The number of ether oxygens (including phenoxy) is 1. The normalized spacial score (nSPS) is 20.5. The number of hydroxylamine groups is 2. The van der Waals surface area contributed by atoms with Crippen LogP contribution in [0.5, 0.6) is 0 Å². The van der Waals surface area contributed by atoms with Gasteiger partial charge in [0.05, 0.1) is 6.10 Å². The van der Waals surface area contributed by atoms with Crippen LogP contribution in [0.25, 0.3) is 0 Å². The lowest BCUT2D eigenvalue weighted by Gasteiger charge is -2.49. The minimum absolute atomic E-state index is 0.234. The highest BCUT2D eigenvalue weighted by Crippen LogP contribution is 2.38. The summed E-state index contributed by atoms with van der Waals surface area (Å²) >= 11 is 0. The zero-order valence-corrected chi connectivity index (χ0v) is 18.4. The van der Waals surface area contributed by atoms with Crippen molar-refractivity contribution in [1.82, 2.24) is 5.06 Å². The fraction of sp³-hybridized carbons (Fsp3) is 1.00. The molecule has 1 saturated heterocycles. The first-order valence-corrected chi connectivity index (χ1v) is 11.4. The van der Waals surface area contributed by atoms with Gasteiger partial charge in [0.1, 0.15) is 0 Å². The minimum Gasteiger partial charge on any atom is -0.378 e. The summed E-state index contributed by atoms with van der Waals surface area (Å²) in [5.41, 5.74) is -0.633. The quantitative estimate of drug-likeness (QED) is 0.307. The summed E-state index contributed by atoms with van der Waals surface area (Å²) in [6, 6.07) is 0. The van der Waals surface area contributed by atoms with Crippen molar-refractivity contribution >= 4 is 0 Å². The van der Waals surface area contributed by atoms with E-state index in [1.165, 1.54) is 75.7 Å². The average Bonchev–Trinajstić information content (AvgIpc) is 2.56. The molecule has 1 fully saturated rings. The lowest BCUT2D eigenvalue weighted by molar-refractivity contribution is -0.301. The van der Waals surface area contributed by atoms with Gasteiger partial charge in [-0.1, -0.05) is 77.6 Å². The topological polar surface area (TPSA) is 32.4 Å². The number of piperidine rings is 1. The molecule has 3 heteroatoms. The Morgan fingerprint density at radius 1 is 0.731 bits per heavy atom. The maximum Gasteiger partial charge on any atom is 0.0611 e. The van der Waals surface area contributed by atoms with E-state index in [-0.39, 0.29) is 17.2 Å². The highest BCUT2D eigenvalue weighted by Gasteiger charge is 2.46. The highest BCUT2D eigenvalue weighted by molar-refractivity contribution is 4.96. The van der Waals surface area contributed by atoms with E-state index in [0.717, 1.165) is 25.9 Å². The van der Waals surface area contributed by atoms with Crippen LogP contribution < -0.4 is 0 Å². The van der Waals surface area contributed by atoms with E-state index in [1.54, 1.807) is 0 Å². The van der Waals surface area contributed by atoms with Gasteiger partial charge in [0.15, 0.2) is 0 Å². The summed E-state index contributed by atoms with van der Waals surface area (Å²) in [6.07, 6.45) is 18.4. The number of rotatable bonds is 14. The SMILES string of the molecule is CCCCCCCCCCCCCCOC1CC(C)(C)N([O])C(C)(C)C1. The maximum absolute atomic E-state index is 12.4. The van der Waals surface area contributed by atoms with Crippen molar-refractivity contribution in [3.8, 4) is 0 Å².